The number of piperidine rings is 2. The van der Waals surface area contributed by atoms with Crippen LogP contribution < -0.4 is 20.3 Å². The lowest BCUT2D eigenvalue weighted by molar-refractivity contribution is 0.0858. The maximum atomic E-state index is 13.1. The van der Waals surface area contributed by atoms with Crippen LogP contribution in [0.4, 0.5) is 10.6 Å². The van der Waals surface area contributed by atoms with Crippen molar-refractivity contribution in [2.24, 2.45) is 0 Å². The fourth-order valence-electron chi connectivity index (χ4n) is 6.38. The Bertz CT molecular complexity index is 1210. The summed E-state index contributed by atoms with van der Waals surface area (Å²) in [4.78, 5) is 46.5. The monoisotopic (exact) mass is 549 g/mol. The maximum absolute atomic E-state index is 13.1. The van der Waals surface area contributed by atoms with Crippen LogP contribution in [0.15, 0.2) is 36.5 Å². The molecular weight excluding hydrogens is 510 g/mol. The Morgan fingerprint density at radius 1 is 0.950 bits per heavy atom. The van der Waals surface area contributed by atoms with E-state index in [-0.39, 0.29) is 30.0 Å². The number of nitrogens with one attached hydrogen (secondary N) is 2. The number of hydrogen-bond donors (Lipinski definition) is 2. The van der Waals surface area contributed by atoms with Gasteiger partial charge in [-0.25, -0.2) is 9.78 Å². The SMILES string of the molecule is CCOC(=O)N1CCC(NC(=O)c2ccc(N3C4CCC3CC(NC(=O)c3cccc(OC)c3C)C4)nc2)CC1. The topological polar surface area (TPSA) is 113 Å². The first-order chi connectivity index (χ1) is 19.4. The minimum atomic E-state index is -0.292. The lowest BCUT2D eigenvalue weighted by Gasteiger charge is -2.40. The number of rotatable bonds is 7. The molecule has 0 aliphatic carbocycles. The van der Waals surface area contributed by atoms with Gasteiger partial charge in [0, 0.05) is 54.6 Å². The Hall–Kier alpha value is -3.82. The van der Waals surface area contributed by atoms with Crippen LogP contribution in [0.5, 0.6) is 5.75 Å². The van der Waals surface area contributed by atoms with Crippen LogP contribution in [0.1, 0.15) is 71.7 Å². The van der Waals surface area contributed by atoms with Gasteiger partial charge in [0.1, 0.15) is 11.6 Å². The molecule has 2 atom stereocenters. The number of amides is 3. The number of carbonyl (C=O) groups excluding carboxylic acids is 3. The van der Waals surface area contributed by atoms with Crippen LogP contribution >= 0.6 is 0 Å². The van der Waals surface area contributed by atoms with Gasteiger partial charge in [-0.1, -0.05) is 6.07 Å². The number of benzene rings is 1. The molecule has 3 saturated heterocycles. The Balaban J connectivity index is 1.15. The van der Waals surface area contributed by atoms with E-state index in [1.54, 1.807) is 25.1 Å². The van der Waals surface area contributed by atoms with Crippen molar-refractivity contribution in [2.45, 2.75) is 76.5 Å². The number of ether oxygens (including phenoxy) is 2. The van der Waals surface area contributed by atoms with E-state index in [0.717, 1.165) is 37.1 Å². The lowest BCUT2D eigenvalue weighted by Crippen LogP contribution is -2.51. The van der Waals surface area contributed by atoms with E-state index in [1.165, 1.54) is 0 Å². The second kappa shape index (κ2) is 12.1. The Labute approximate surface area is 235 Å². The van der Waals surface area contributed by atoms with Crippen molar-refractivity contribution in [3.8, 4) is 5.75 Å². The second-order valence-corrected chi connectivity index (χ2v) is 10.9. The van der Waals surface area contributed by atoms with Gasteiger partial charge in [0.05, 0.1) is 19.3 Å². The average Bonchev–Trinajstić information content (AvgIpc) is 3.23. The number of carbonyl (C=O) groups is 3. The zero-order valence-corrected chi connectivity index (χ0v) is 23.5. The predicted octanol–water partition coefficient (Wildman–Crippen LogP) is 3.68. The predicted molar refractivity (Wildman–Crippen MR) is 151 cm³/mol. The summed E-state index contributed by atoms with van der Waals surface area (Å²) in [6.45, 7) is 5.20. The second-order valence-electron chi connectivity index (χ2n) is 10.9. The van der Waals surface area contributed by atoms with Crippen LogP contribution in [0.25, 0.3) is 0 Å². The van der Waals surface area contributed by atoms with Gasteiger partial charge in [0.2, 0.25) is 0 Å². The normalized spacial score (nSPS) is 22.5. The highest BCUT2D eigenvalue weighted by atomic mass is 16.6. The maximum Gasteiger partial charge on any atom is 0.409 e. The third kappa shape index (κ3) is 5.85. The highest BCUT2D eigenvalue weighted by Crippen LogP contribution is 2.38. The fourth-order valence-corrected chi connectivity index (χ4v) is 6.38. The molecule has 1 aromatic carbocycles. The molecule has 10 nitrogen and oxygen atoms in total. The molecule has 0 spiro atoms. The van der Waals surface area contributed by atoms with E-state index in [9.17, 15) is 14.4 Å². The third-order valence-corrected chi connectivity index (χ3v) is 8.45. The van der Waals surface area contributed by atoms with Crippen molar-refractivity contribution >= 4 is 23.7 Å². The first-order valence-electron chi connectivity index (χ1n) is 14.3. The Morgan fingerprint density at radius 2 is 1.65 bits per heavy atom. The molecular formula is C30H39N5O5. The van der Waals surface area contributed by atoms with Gasteiger partial charge in [0.25, 0.3) is 11.8 Å². The number of likely N-dealkylation sites (tertiary alicyclic amines) is 1. The molecule has 2 unspecified atom stereocenters. The minimum Gasteiger partial charge on any atom is -0.496 e. The molecule has 214 valence electrons. The molecule has 3 amide bonds. The number of methoxy groups -OCH3 is 1. The first-order valence-corrected chi connectivity index (χ1v) is 14.3. The molecule has 1 aromatic heterocycles. The number of nitrogens with zero attached hydrogens (tertiary/aromatic N) is 3. The van der Waals surface area contributed by atoms with E-state index in [0.29, 0.717) is 61.5 Å². The number of aromatic nitrogens is 1. The first kappa shape index (κ1) is 27.7. The summed E-state index contributed by atoms with van der Waals surface area (Å²) in [5.41, 5.74) is 2.02. The molecule has 2 N–H and O–H groups in total. The van der Waals surface area contributed by atoms with E-state index < -0.39 is 0 Å². The summed E-state index contributed by atoms with van der Waals surface area (Å²) in [5, 5.41) is 6.34. The molecule has 5 rings (SSSR count). The minimum absolute atomic E-state index is 0.0173. The number of fused-ring (bicyclic) bond motifs is 2. The molecule has 0 saturated carbocycles. The van der Waals surface area contributed by atoms with Crippen molar-refractivity contribution in [3.05, 3.63) is 53.2 Å². The molecule has 3 aliphatic heterocycles. The molecule has 3 fully saturated rings. The van der Waals surface area contributed by atoms with Crippen molar-refractivity contribution < 1.29 is 23.9 Å². The van der Waals surface area contributed by atoms with Gasteiger partial charge in [-0.2, -0.15) is 0 Å². The number of pyridine rings is 1. The highest BCUT2D eigenvalue weighted by Gasteiger charge is 2.42. The Kier molecular flexibility index (Phi) is 8.42. The van der Waals surface area contributed by atoms with Crippen molar-refractivity contribution in [1.82, 2.24) is 20.5 Å². The molecule has 40 heavy (non-hydrogen) atoms. The van der Waals surface area contributed by atoms with E-state index in [1.807, 2.05) is 37.3 Å². The number of anilines is 1. The molecule has 0 radical (unpaired) electrons. The number of hydrogen-bond acceptors (Lipinski definition) is 7. The van der Waals surface area contributed by atoms with E-state index in [2.05, 4.69) is 20.5 Å². The van der Waals surface area contributed by atoms with Crippen LogP contribution in [-0.4, -0.2) is 78.8 Å². The molecule has 10 heteroatoms. The molecule has 2 bridgehead atoms. The quantitative estimate of drug-likeness (QED) is 0.542. The summed E-state index contributed by atoms with van der Waals surface area (Å²) in [6.07, 6.45) is 6.59. The van der Waals surface area contributed by atoms with E-state index in [4.69, 9.17) is 9.47 Å². The van der Waals surface area contributed by atoms with Crippen LogP contribution in [0.3, 0.4) is 0 Å². The van der Waals surface area contributed by atoms with Crippen LogP contribution in [0.2, 0.25) is 0 Å². The lowest BCUT2D eigenvalue weighted by atomic mass is 9.96. The van der Waals surface area contributed by atoms with Crippen molar-refractivity contribution in [1.29, 1.82) is 0 Å². The summed E-state index contributed by atoms with van der Waals surface area (Å²) in [5.74, 6) is 1.38. The van der Waals surface area contributed by atoms with Gasteiger partial charge in [-0.3, -0.25) is 9.59 Å². The van der Waals surface area contributed by atoms with Gasteiger partial charge in [-0.05, 0) is 76.6 Å². The summed E-state index contributed by atoms with van der Waals surface area (Å²) < 4.78 is 10.4. The molecule has 3 aliphatic rings. The third-order valence-electron chi connectivity index (χ3n) is 8.45. The summed E-state index contributed by atoms with van der Waals surface area (Å²) in [7, 11) is 1.61. The van der Waals surface area contributed by atoms with Crippen LogP contribution in [0, 0.1) is 6.92 Å². The zero-order chi connectivity index (χ0) is 28.2. The molecule has 4 heterocycles. The molecule has 2 aromatic rings. The van der Waals surface area contributed by atoms with Crippen molar-refractivity contribution in [3.63, 3.8) is 0 Å². The van der Waals surface area contributed by atoms with Gasteiger partial charge < -0.3 is 29.9 Å². The summed E-state index contributed by atoms with van der Waals surface area (Å²) >= 11 is 0. The summed E-state index contributed by atoms with van der Waals surface area (Å²) in [6, 6.07) is 10.0. The Morgan fingerprint density at radius 3 is 2.27 bits per heavy atom. The van der Waals surface area contributed by atoms with Gasteiger partial charge >= 0.3 is 6.09 Å². The van der Waals surface area contributed by atoms with Gasteiger partial charge in [-0.15, -0.1) is 0 Å². The standard InChI is InChI=1S/C30H39N5O5/c1-4-40-30(38)34-14-12-21(13-15-34)32-28(36)20-8-11-27(31-18-20)35-23-9-10-24(35)17-22(16-23)33-29(37)25-6-5-7-26(39-3)19(25)2/h5-8,11,18,21-24H,4,9-10,12-17H2,1-3H3,(H,32,36)(H,33,37). The smallest absolute Gasteiger partial charge is 0.409 e. The largest absolute Gasteiger partial charge is 0.496 e. The highest BCUT2D eigenvalue weighted by molar-refractivity contribution is 5.96. The van der Waals surface area contributed by atoms with E-state index >= 15 is 0 Å². The van der Waals surface area contributed by atoms with Crippen molar-refractivity contribution in [2.75, 3.05) is 31.7 Å². The zero-order valence-electron chi connectivity index (χ0n) is 23.5. The average molecular weight is 550 g/mol. The van der Waals surface area contributed by atoms with Crippen LogP contribution in [-0.2, 0) is 4.74 Å². The fraction of sp³-hybridized carbons (Fsp3) is 0.533. The van der Waals surface area contributed by atoms with Gasteiger partial charge in [0.15, 0.2) is 0 Å².